The van der Waals surface area contributed by atoms with Gasteiger partial charge in [0.05, 0.1) is 7.11 Å². The van der Waals surface area contributed by atoms with Crippen molar-refractivity contribution in [1.82, 2.24) is 10.2 Å². The lowest BCUT2D eigenvalue weighted by atomic mass is 9.84. The van der Waals surface area contributed by atoms with E-state index in [1.807, 2.05) is 0 Å². The number of esters is 1. The average Bonchev–Trinajstić information content (AvgIpc) is 3.31. The Kier molecular flexibility index (Phi) is 4.55. The number of hydrogen-bond acceptors (Lipinski definition) is 4. The third kappa shape index (κ3) is 3.42. The first kappa shape index (κ1) is 15.3. The Hall–Kier alpha value is -0.610. The van der Waals surface area contributed by atoms with Gasteiger partial charge in [0.15, 0.2) is 0 Å². The molecule has 4 nitrogen and oxygen atoms in total. The van der Waals surface area contributed by atoms with Gasteiger partial charge in [-0.3, -0.25) is 5.32 Å². The van der Waals surface area contributed by atoms with Crippen molar-refractivity contribution in [2.75, 3.05) is 26.7 Å². The van der Waals surface area contributed by atoms with Gasteiger partial charge in [-0.2, -0.15) is 0 Å². The molecule has 3 aliphatic rings. The summed E-state index contributed by atoms with van der Waals surface area (Å²) in [6.07, 6.45) is 8.85. The molecular formula is C17H30N2O2. The molecule has 1 N–H and O–H groups in total. The zero-order valence-corrected chi connectivity index (χ0v) is 13.6. The highest BCUT2D eigenvalue weighted by Gasteiger charge is 2.54. The standard InChI is InChI=1S/C17H30N2O2/c1-3-19(11-13-5-4-6-13)12-17(14-7-8-14,16(20)21-2)18-15-9-10-15/h13-15,18H,3-12H2,1-2H3. The normalized spacial score (nSPS) is 25.5. The molecule has 0 bridgehead atoms. The van der Waals surface area contributed by atoms with E-state index in [9.17, 15) is 4.79 Å². The van der Waals surface area contributed by atoms with Crippen molar-refractivity contribution in [2.45, 2.75) is 63.5 Å². The SMILES string of the molecule is CCN(CC1CCC1)CC(NC1CC1)(C(=O)OC)C1CC1. The summed E-state index contributed by atoms with van der Waals surface area (Å²) >= 11 is 0. The molecule has 4 heteroatoms. The fourth-order valence-corrected chi connectivity index (χ4v) is 3.63. The van der Waals surface area contributed by atoms with Gasteiger partial charge in [-0.05, 0) is 56.9 Å². The van der Waals surface area contributed by atoms with Crippen molar-refractivity contribution in [2.24, 2.45) is 11.8 Å². The molecule has 0 radical (unpaired) electrons. The second-order valence-electron chi connectivity index (χ2n) is 7.28. The molecular weight excluding hydrogens is 264 g/mol. The number of nitrogens with one attached hydrogen (secondary N) is 1. The van der Waals surface area contributed by atoms with E-state index in [4.69, 9.17) is 4.74 Å². The number of ether oxygens (including phenoxy) is 1. The van der Waals surface area contributed by atoms with Crippen molar-refractivity contribution in [3.63, 3.8) is 0 Å². The van der Waals surface area contributed by atoms with Crippen LogP contribution in [0.25, 0.3) is 0 Å². The van der Waals surface area contributed by atoms with Crippen LogP contribution in [0.3, 0.4) is 0 Å². The van der Waals surface area contributed by atoms with Crippen molar-refractivity contribution in [1.29, 1.82) is 0 Å². The second kappa shape index (κ2) is 6.25. The van der Waals surface area contributed by atoms with Gasteiger partial charge in [0.25, 0.3) is 0 Å². The summed E-state index contributed by atoms with van der Waals surface area (Å²) in [5.74, 6) is 1.28. The lowest BCUT2D eigenvalue weighted by Gasteiger charge is -2.39. The zero-order valence-electron chi connectivity index (χ0n) is 13.6. The molecule has 0 aromatic heterocycles. The molecule has 3 rings (SSSR count). The number of nitrogens with zero attached hydrogens (tertiary/aromatic N) is 1. The highest BCUT2D eigenvalue weighted by atomic mass is 16.5. The molecule has 21 heavy (non-hydrogen) atoms. The third-order valence-corrected chi connectivity index (χ3v) is 5.52. The van der Waals surface area contributed by atoms with Crippen LogP contribution < -0.4 is 5.32 Å². The molecule has 0 aromatic rings. The number of methoxy groups -OCH3 is 1. The maximum atomic E-state index is 12.6. The van der Waals surface area contributed by atoms with Crippen LogP contribution in [-0.2, 0) is 9.53 Å². The minimum absolute atomic E-state index is 0.0380. The molecule has 3 saturated carbocycles. The molecule has 1 atom stereocenters. The van der Waals surface area contributed by atoms with Gasteiger partial charge in [0, 0.05) is 19.1 Å². The van der Waals surface area contributed by atoms with Crippen molar-refractivity contribution in [3.05, 3.63) is 0 Å². The van der Waals surface area contributed by atoms with Gasteiger partial charge < -0.3 is 9.64 Å². The number of rotatable bonds is 9. The lowest BCUT2D eigenvalue weighted by Crippen LogP contribution is -2.62. The van der Waals surface area contributed by atoms with Crippen molar-refractivity contribution >= 4 is 5.97 Å². The minimum Gasteiger partial charge on any atom is -0.468 e. The molecule has 0 amide bonds. The number of likely N-dealkylation sites (N-methyl/N-ethyl adjacent to an activating group) is 1. The van der Waals surface area contributed by atoms with E-state index in [0.717, 1.165) is 38.4 Å². The Bertz CT molecular complexity index is 375. The molecule has 0 spiro atoms. The van der Waals surface area contributed by atoms with E-state index in [1.165, 1.54) is 39.2 Å². The Morgan fingerprint density at radius 3 is 2.38 bits per heavy atom. The topological polar surface area (TPSA) is 41.6 Å². The van der Waals surface area contributed by atoms with Crippen molar-refractivity contribution < 1.29 is 9.53 Å². The molecule has 1 unspecified atom stereocenters. The number of carbonyl (C=O) groups excluding carboxylic acids is 1. The summed E-state index contributed by atoms with van der Waals surface area (Å²) in [4.78, 5) is 15.1. The Balaban J connectivity index is 1.70. The predicted molar refractivity (Wildman–Crippen MR) is 83.1 cm³/mol. The zero-order chi connectivity index (χ0) is 14.9. The van der Waals surface area contributed by atoms with Gasteiger partial charge in [0.1, 0.15) is 5.54 Å². The molecule has 3 fully saturated rings. The summed E-state index contributed by atoms with van der Waals surface area (Å²) in [6.45, 7) is 5.21. The molecule has 0 aromatic carbocycles. The van der Waals surface area contributed by atoms with Crippen LogP contribution in [-0.4, -0.2) is 49.2 Å². The first-order valence-corrected chi connectivity index (χ1v) is 8.76. The fraction of sp³-hybridized carbons (Fsp3) is 0.941. The van der Waals surface area contributed by atoms with Crippen LogP contribution in [0.1, 0.15) is 51.9 Å². The summed E-state index contributed by atoms with van der Waals surface area (Å²) in [7, 11) is 1.54. The van der Waals surface area contributed by atoms with E-state index in [-0.39, 0.29) is 5.97 Å². The van der Waals surface area contributed by atoms with Crippen LogP contribution in [0, 0.1) is 11.8 Å². The van der Waals surface area contributed by atoms with Gasteiger partial charge in [-0.25, -0.2) is 4.79 Å². The first-order chi connectivity index (χ1) is 10.2. The summed E-state index contributed by atoms with van der Waals surface area (Å²) in [5.41, 5.74) is -0.449. The quantitative estimate of drug-likeness (QED) is 0.662. The van der Waals surface area contributed by atoms with E-state index < -0.39 is 5.54 Å². The maximum absolute atomic E-state index is 12.6. The van der Waals surface area contributed by atoms with Gasteiger partial charge in [-0.15, -0.1) is 0 Å². The van der Waals surface area contributed by atoms with Crippen LogP contribution in [0.4, 0.5) is 0 Å². The van der Waals surface area contributed by atoms with E-state index in [0.29, 0.717) is 12.0 Å². The fourth-order valence-electron chi connectivity index (χ4n) is 3.63. The van der Waals surface area contributed by atoms with Gasteiger partial charge in [0.2, 0.25) is 0 Å². The summed E-state index contributed by atoms with van der Waals surface area (Å²) in [6, 6.07) is 0.534. The Labute approximate surface area is 128 Å². The average molecular weight is 294 g/mol. The molecule has 0 aliphatic heterocycles. The summed E-state index contributed by atoms with van der Waals surface area (Å²) < 4.78 is 5.21. The third-order valence-electron chi connectivity index (χ3n) is 5.52. The number of carbonyl (C=O) groups is 1. The highest BCUT2D eigenvalue weighted by molar-refractivity contribution is 5.82. The molecule has 0 saturated heterocycles. The maximum Gasteiger partial charge on any atom is 0.327 e. The second-order valence-corrected chi connectivity index (χ2v) is 7.28. The monoisotopic (exact) mass is 294 g/mol. The smallest absolute Gasteiger partial charge is 0.327 e. The molecule has 0 heterocycles. The lowest BCUT2D eigenvalue weighted by molar-refractivity contribution is -0.151. The van der Waals surface area contributed by atoms with Crippen LogP contribution in [0.2, 0.25) is 0 Å². The Morgan fingerprint density at radius 2 is 1.95 bits per heavy atom. The van der Waals surface area contributed by atoms with Gasteiger partial charge in [-0.1, -0.05) is 13.3 Å². The molecule has 120 valence electrons. The number of hydrogen-bond donors (Lipinski definition) is 1. The van der Waals surface area contributed by atoms with Crippen molar-refractivity contribution in [3.8, 4) is 0 Å². The first-order valence-electron chi connectivity index (χ1n) is 8.76. The van der Waals surface area contributed by atoms with Crippen LogP contribution >= 0.6 is 0 Å². The van der Waals surface area contributed by atoms with Gasteiger partial charge >= 0.3 is 5.97 Å². The largest absolute Gasteiger partial charge is 0.468 e. The van der Waals surface area contributed by atoms with E-state index >= 15 is 0 Å². The molecule has 3 aliphatic carbocycles. The highest BCUT2D eigenvalue weighted by Crippen LogP contribution is 2.43. The van der Waals surface area contributed by atoms with E-state index in [1.54, 1.807) is 0 Å². The predicted octanol–water partition coefficient (Wildman–Crippen LogP) is 2.18. The minimum atomic E-state index is -0.449. The van der Waals surface area contributed by atoms with E-state index in [2.05, 4.69) is 17.1 Å². The van der Waals surface area contributed by atoms with Crippen LogP contribution in [0.15, 0.2) is 0 Å². The van der Waals surface area contributed by atoms with Crippen LogP contribution in [0.5, 0.6) is 0 Å². The summed E-state index contributed by atoms with van der Waals surface area (Å²) in [5, 5.41) is 3.67. The Morgan fingerprint density at radius 1 is 1.24 bits per heavy atom.